The highest BCUT2D eigenvalue weighted by atomic mass is 32.1. The Labute approximate surface area is 118 Å². The third kappa shape index (κ3) is 3.55. The molecule has 1 aliphatic rings. The van der Waals surface area contributed by atoms with Gasteiger partial charge in [0.05, 0.1) is 13.2 Å². The molecule has 0 radical (unpaired) electrons. The van der Waals surface area contributed by atoms with Crippen molar-refractivity contribution < 1.29 is 14.3 Å². The number of thiophene rings is 1. The number of nitrogens with one attached hydrogen (secondary N) is 1. The van der Waals surface area contributed by atoms with Crippen molar-refractivity contribution >= 4 is 17.3 Å². The second kappa shape index (κ2) is 6.50. The van der Waals surface area contributed by atoms with Crippen LogP contribution in [0.3, 0.4) is 0 Å². The molecule has 19 heavy (non-hydrogen) atoms. The molecule has 1 fully saturated rings. The molecule has 0 unspecified atom stereocenters. The molecule has 0 saturated carbocycles. The van der Waals surface area contributed by atoms with Crippen LogP contribution in [0.2, 0.25) is 0 Å². The zero-order chi connectivity index (χ0) is 13.8. The van der Waals surface area contributed by atoms with Crippen LogP contribution in [0.4, 0.5) is 0 Å². The lowest BCUT2D eigenvalue weighted by Gasteiger charge is -2.19. The average Bonchev–Trinajstić information content (AvgIpc) is 3.04. The van der Waals surface area contributed by atoms with Gasteiger partial charge in [0.2, 0.25) is 0 Å². The van der Waals surface area contributed by atoms with E-state index in [9.17, 15) is 4.79 Å². The van der Waals surface area contributed by atoms with Crippen molar-refractivity contribution in [3.8, 4) is 0 Å². The average molecular weight is 283 g/mol. The van der Waals surface area contributed by atoms with Gasteiger partial charge in [-0.3, -0.25) is 0 Å². The topological polar surface area (TPSA) is 47.6 Å². The van der Waals surface area contributed by atoms with E-state index in [1.165, 1.54) is 18.4 Å². The Hall–Kier alpha value is -0.910. The number of carbonyl (C=O) groups excluding carboxylic acids is 1. The van der Waals surface area contributed by atoms with E-state index in [4.69, 9.17) is 9.47 Å². The molecule has 106 valence electrons. The molecule has 0 amide bonds. The predicted molar refractivity (Wildman–Crippen MR) is 75.7 cm³/mol. The fourth-order valence-electron chi connectivity index (χ4n) is 2.30. The first-order chi connectivity index (χ1) is 9.11. The molecule has 5 heteroatoms. The second-order valence-electron chi connectivity index (χ2n) is 4.90. The van der Waals surface area contributed by atoms with Crippen molar-refractivity contribution in [1.82, 2.24) is 5.32 Å². The van der Waals surface area contributed by atoms with Crippen LogP contribution in [0.15, 0.2) is 6.07 Å². The maximum atomic E-state index is 11.5. The van der Waals surface area contributed by atoms with E-state index in [1.807, 2.05) is 13.0 Å². The molecule has 1 aromatic heterocycles. The third-order valence-electron chi connectivity index (χ3n) is 3.54. The van der Waals surface area contributed by atoms with E-state index in [0.29, 0.717) is 17.0 Å². The molecule has 1 saturated heterocycles. The van der Waals surface area contributed by atoms with Crippen LogP contribution >= 0.6 is 11.3 Å². The molecule has 0 aliphatic carbocycles. The molecule has 1 aromatic rings. The largest absolute Gasteiger partial charge is 0.465 e. The normalized spacial score (nSPS) is 20.5. The van der Waals surface area contributed by atoms with Crippen molar-refractivity contribution in [3.05, 3.63) is 21.4 Å². The fourth-order valence-corrected chi connectivity index (χ4v) is 3.26. The Balaban J connectivity index is 1.91. The Morgan fingerprint density at radius 3 is 3.11 bits per heavy atom. The highest BCUT2D eigenvalue weighted by Gasteiger charge is 2.22. The van der Waals surface area contributed by atoms with Crippen LogP contribution in [0, 0.1) is 6.92 Å². The smallest absolute Gasteiger partial charge is 0.348 e. The SMILES string of the molecule is COC(=O)c1cc(CN[C@@H](C)[C@H]2CCCO2)c(C)s1. The number of carbonyl (C=O) groups is 1. The summed E-state index contributed by atoms with van der Waals surface area (Å²) in [6.45, 7) is 5.82. The first-order valence-electron chi connectivity index (χ1n) is 6.64. The molecule has 1 aliphatic heterocycles. The first kappa shape index (κ1) is 14.5. The van der Waals surface area contributed by atoms with Crippen molar-refractivity contribution in [2.24, 2.45) is 0 Å². The summed E-state index contributed by atoms with van der Waals surface area (Å²) in [5.74, 6) is -0.258. The highest BCUT2D eigenvalue weighted by Crippen LogP contribution is 2.23. The maximum absolute atomic E-state index is 11.5. The molecule has 4 nitrogen and oxygen atoms in total. The standard InChI is InChI=1S/C14H21NO3S/c1-9(12-5-4-6-18-12)15-8-11-7-13(14(16)17-3)19-10(11)2/h7,9,12,15H,4-6,8H2,1-3H3/t9-,12+/m0/s1. The number of ether oxygens (including phenoxy) is 2. The summed E-state index contributed by atoms with van der Waals surface area (Å²) in [7, 11) is 1.41. The van der Waals surface area contributed by atoms with Gasteiger partial charge in [-0.25, -0.2) is 4.79 Å². The van der Waals surface area contributed by atoms with Crippen LogP contribution in [-0.4, -0.2) is 31.8 Å². The molecule has 2 atom stereocenters. The van der Waals surface area contributed by atoms with Crippen LogP contribution in [0.25, 0.3) is 0 Å². The zero-order valence-corrected chi connectivity index (χ0v) is 12.5. The first-order valence-corrected chi connectivity index (χ1v) is 7.46. The van der Waals surface area contributed by atoms with E-state index >= 15 is 0 Å². The molecule has 0 spiro atoms. The molecular formula is C14H21NO3S. The van der Waals surface area contributed by atoms with Crippen molar-refractivity contribution in [2.45, 2.75) is 45.4 Å². The summed E-state index contributed by atoms with van der Waals surface area (Å²) >= 11 is 1.49. The van der Waals surface area contributed by atoms with Crippen LogP contribution in [0.1, 0.15) is 39.9 Å². The molecule has 0 aromatic carbocycles. The number of esters is 1. The minimum atomic E-state index is -0.258. The number of rotatable bonds is 5. The third-order valence-corrected chi connectivity index (χ3v) is 4.62. The molecule has 1 N–H and O–H groups in total. The fraction of sp³-hybridized carbons (Fsp3) is 0.643. The van der Waals surface area contributed by atoms with Gasteiger partial charge in [0.25, 0.3) is 0 Å². The monoisotopic (exact) mass is 283 g/mol. The minimum absolute atomic E-state index is 0.258. The minimum Gasteiger partial charge on any atom is -0.465 e. The van der Waals surface area contributed by atoms with Gasteiger partial charge in [-0.15, -0.1) is 11.3 Å². The molecule has 2 heterocycles. The van der Waals surface area contributed by atoms with E-state index in [-0.39, 0.29) is 5.97 Å². The Morgan fingerprint density at radius 2 is 2.47 bits per heavy atom. The van der Waals surface area contributed by atoms with E-state index < -0.39 is 0 Å². The number of aryl methyl sites for hydroxylation is 1. The van der Waals surface area contributed by atoms with E-state index in [1.54, 1.807) is 0 Å². The summed E-state index contributed by atoms with van der Waals surface area (Å²) in [5.41, 5.74) is 1.16. The lowest BCUT2D eigenvalue weighted by molar-refractivity contribution is 0.0606. The molecule has 0 bridgehead atoms. The van der Waals surface area contributed by atoms with Gasteiger partial charge in [-0.05, 0) is 38.3 Å². The van der Waals surface area contributed by atoms with E-state index in [0.717, 1.165) is 36.4 Å². The van der Waals surface area contributed by atoms with Crippen LogP contribution in [0.5, 0.6) is 0 Å². The number of hydrogen-bond acceptors (Lipinski definition) is 5. The summed E-state index contributed by atoms with van der Waals surface area (Å²) < 4.78 is 10.4. The van der Waals surface area contributed by atoms with Gasteiger partial charge < -0.3 is 14.8 Å². The Morgan fingerprint density at radius 1 is 1.68 bits per heavy atom. The summed E-state index contributed by atoms with van der Waals surface area (Å²) in [6.07, 6.45) is 2.60. The second-order valence-corrected chi connectivity index (χ2v) is 6.16. The van der Waals surface area contributed by atoms with Gasteiger partial charge in [-0.1, -0.05) is 0 Å². The lowest BCUT2D eigenvalue weighted by atomic mass is 10.1. The van der Waals surface area contributed by atoms with Gasteiger partial charge in [0.1, 0.15) is 4.88 Å². The summed E-state index contributed by atoms with van der Waals surface area (Å²) in [4.78, 5) is 13.3. The highest BCUT2D eigenvalue weighted by molar-refractivity contribution is 7.14. The van der Waals surface area contributed by atoms with Gasteiger partial charge in [0, 0.05) is 24.1 Å². The van der Waals surface area contributed by atoms with Gasteiger partial charge in [-0.2, -0.15) is 0 Å². The van der Waals surface area contributed by atoms with Gasteiger partial charge in [0.15, 0.2) is 0 Å². The van der Waals surface area contributed by atoms with Crippen molar-refractivity contribution in [2.75, 3.05) is 13.7 Å². The van der Waals surface area contributed by atoms with E-state index in [2.05, 4.69) is 12.2 Å². The zero-order valence-electron chi connectivity index (χ0n) is 11.7. The van der Waals surface area contributed by atoms with Crippen LogP contribution < -0.4 is 5.32 Å². The van der Waals surface area contributed by atoms with Crippen molar-refractivity contribution in [1.29, 1.82) is 0 Å². The summed E-state index contributed by atoms with van der Waals surface area (Å²) in [6, 6.07) is 2.25. The number of methoxy groups -OCH3 is 1. The Bertz CT molecular complexity index is 438. The quantitative estimate of drug-likeness (QED) is 0.844. The van der Waals surface area contributed by atoms with Crippen LogP contribution in [-0.2, 0) is 16.0 Å². The Kier molecular flexibility index (Phi) is 4.96. The molecular weight excluding hydrogens is 262 g/mol. The molecule has 2 rings (SSSR count). The predicted octanol–water partition coefficient (Wildman–Crippen LogP) is 2.50. The maximum Gasteiger partial charge on any atom is 0.348 e. The van der Waals surface area contributed by atoms with Crippen molar-refractivity contribution in [3.63, 3.8) is 0 Å². The lowest BCUT2D eigenvalue weighted by Crippen LogP contribution is -2.36. The van der Waals surface area contributed by atoms with Gasteiger partial charge >= 0.3 is 5.97 Å². The summed E-state index contributed by atoms with van der Waals surface area (Å²) in [5, 5.41) is 3.48. The number of hydrogen-bond donors (Lipinski definition) is 1.